The van der Waals surface area contributed by atoms with Crippen molar-refractivity contribution in [2.45, 2.75) is 44.2 Å². The van der Waals surface area contributed by atoms with E-state index in [9.17, 15) is 0 Å². The zero-order valence-corrected chi connectivity index (χ0v) is 10.4. The van der Waals surface area contributed by atoms with Gasteiger partial charge in [-0.1, -0.05) is 0 Å². The van der Waals surface area contributed by atoms with E-state index in [1.165, 1.54) is 25.9 Å². The van der Waals surface area contributed by atoms with Gasteiger partial charge >= 0.3 is 0 Å². The van der Waals surface area contributed by atoms with Crippen LogP contribution in [0.2, 0.25) is 0 Å². The summed E-state index contributed by atoms with van der Waals surface area (Å²) in [6, 6.07) is 1.83. The first-order chi connectivity index (χ1) is 7.88. The van der Waals surface area contributed by atoms with E-state index in [4.69, 9.17) is 0 Å². The van der Waals surface area contributed by atoms with Crippen LogP contribution in [0, 0.1) is 23.7 Å². The Hall–Kier alpha value is -0.0800. The van der Waals surface area contributed by atoms with Gasteiger partial charge in [0.05, 0.1) is 0 Å². The molecule has 4 fully saturated rings. The van der Waals surface area contributed by atoms with Crippen LogP contribution in [0.3, 0.4) is 0 Å². The number of rotatable bonds is 2. The minimum atomic E-state index is 0.798. The summed E-state index contributed by atoms with van der Waals surface area (Å²) >= 11 is 0. The normalized spacial score (nSPS) is 51.9. The number of likely N-dealkylation sites (tertiary alicyclic amines) is 1. The van der Waals surface area contributed by atoms with Gasteiger partial charge < -0.3 is 5.32 Å². The molecule has 0 amide bonds. The molecule has 0 spiro atoms. The number of hydrogen-bond acceptors (Lipinski definition) is 2. The molecule has 0 aromatic carbocycles. The predicted molar refractivity (Wildman–Crippen MR) is 65.3 cm³/mol. The molecule has 0 radical (unpaired) electrons. The van der Waals surface area contributed by atoms with Crippen molar-refractivity contribution in [3.8, 4) is 0 Å². The number of piperidine rings is 1. The van der Waals surface area contributed by atoms with Crippen LogP contribution in [0.1, 0.15) is 32.1 Å². The molecule has 3 aliphatic carbocycles. The fraction of sp³-hybridized carbons (Fsp3) is 1.00. The zero-order valence-electron chi connectivity index (χ0n) is 10.4. The molecule has 3 saturated carbocycles. The Kier molecular flexibility index (Phi) is 2.14. The quantitative estimate of drug-likeness (QED) is 0.762. The molecule has 1 N–H and O–H groups in total. The lowest BCUT2D eigenvalue weighted by molar-refractivity contribution is 0.165. The summed E-state index contributed by atoms with van der Waals surface area (Å²) in [6.45, 7) is 2.73. The largest absolute Gasteiger partial charge is 0.317 e. The van der Waals surface area contributed by atoms with E-state index in [1.54, 1.807) is 19.3 Å². The Morgan fingerprint density at radius 3 is 2.12 bits per heavy atom. The van der Waals surface area contributed by atoms with Gasteiger partial charge in [-0.3, -0.25) is 4.90 Å². The molecule has 0 aromatic heterocycles. The van der Waals surface area contributed by atoms with Gasteiger partial charge in [-0.15, -0.1) is 0 Å². The van der Waals surface area contributed by atoms with Gasteiger partial charge in [0.2, 0.25) is 0 Å². The number of hydrogen-bond donors (Lipinski definition) is 1. The summed E-state index contributed by atoms with van der Waals surface area (Å²) in [5.41, 5.74) is 0. The average Bonchev–Trinajstić information content (AvgIpc) is 2.77. The Bertz CT molecular complexity index is 266. The van der Waals surface area contributed by atoms with Gasteiger partial charge in [0.25, 0.3) is 0 Å². The molecule has 4 atom stereocenters. The van der Waals surface area contributed by atoms with Crippen LogP contribution in [0.5, 0.6) is 0 Å². The molecule has 0 aromatic rings. The minimum Gasteiger partial charge on any atom is -0.317 e. The van der Waals surface area contributed by atoms with Gasteiger partial charge in [0.15, 0.2) is 0 Å². The third-order valence-corrected chi connectivity index (χ3v) is 6.05. The van der Waals surface area contributed by atoms with Crippen molar-refractivity contribution < 1.29 is 0 Å². The molecule has 4 aliphatic rings. The lowest BCUT2D eigenvalue weighted by Gasteiger charge is -2.33. The maximum atomic E-state index is 3.44. The Labute approximate surface area is 98.8 Å². The molecule has 2 bridgehead atoms. The molecule has 2 heteroatoms. The van der Waals surface area contributed by atoms with Gasteiger partial charge in [-0.25, -0.2) is 0 Å². The molecule has 1 saturated heterocycles. The summed E-state index contributed by atoms with van der Waals surface area (Å²) in [6.07, 6.45) is 7.48. The molecule has 4 rings (SSSR count). The van der Waals surface area contributed by atoms with Crippen LogP contribution >= 0.6 is 0 Å². The van der Waals surface area contributed by atoms with Crippen molar-refractivity contribution >= 4 is 0 Å². The third kappa shape index (κ3) is 1.26. The van der Waals surface area contributed by atoms with Gasteiger partial charge in [-0.05, 0) is 75.9 Å². The highest BCUT2D eigenvalue weighted by Crippen LogP contribution is 2.67. The molecule has 2 nitrogen and oxygen atoms in total. The Morgan fingerprint density at radius 2 is 1.56 bits per heavy atom. The number of nitrogens with zero attached hydrogens (tertiary/aromatic N) is 1. The highest BCUT2D eigenvalue weighted by atomic mass is 15.2. The van der Waals surface area contributed by atoms with Gasteiger partial charge in [-0.2, -0.15) is 0 Å². The second-order valence-corrected chi connectivity index (χ2v) is 6.58. The second-order valence-electron chi connectivity index (χ2n) is 6.58. The van der Waals surface area contributed by atoms with E-state index in [0.717, 1.165) is 35.8 Å². The highest BCUT2D eigenvalue weighted by molar-refractivity contribution is 5.17. The van der Waals surface area contributed by atoms with Crippen molar-refractivity contribution in [2.24, 2.45) is 23.7 Å². The SMILES string of the molecule is CNC1CCN(C2C3C4CCC(C4)C32)CC1. The molecule has 1 heterocycles. The first-order valence-electron chi connectivity index (χ1n) is 7.30. The minimum absolute atomic E-state index is 0.798. The van der Waals surface area contributed by atoms with Crippen molar-refractivity contribution in [3.63, 3.8) is 0 Å². The van der Waals surface area contributed by atoms with Crippen molar-refractivity contribution in [1.29, 1.82) is 0 Å². The van der Waals surface area contributed by atoms with E-state index in [-0.39, 0.29) is 0 Å². The van der Waals surface area contributed by atoms with Crippen molar-refractivity contribution in [3.05, 3.63) is 0 Å². The third-order valence-electron chi connectivity index (χ3n) is 6.05. The molecule has 1 aliphatic heterocycles. The maximum absolute atomic E-state index is 3.44. The van der Waals surface area contributed by atoms with E-state index >= 15 is 0 Å². The van der Waals surface area contributed by atoms with E-state index in [1.807, 2.05) is 0 Å². The second kappa shape index (κ2) is 3.46. The van der Waals surface area contributed by atoms with Crippen molar-refractivity contribution in [1.82, 2.24) is 10.2 Å². The van der Waals surface area contributed by atoms with Crippen molar-refractivity contribution in [2.75, 3.05) is 20.1 Å². The van der Waals surface area contributed by atoms with Gasteiger partial charge in [0.1, 0.15) is 0 Å². The summed E-state index contributed by atoms with van der Waals surface area (Å²) in [5.74, 6) is 4.57. The lowest BCUT2D eigenvalue weighted by Crippen LogP contribution is -2.43. The topological polar surface area (TPSA) is 15.3 Å². The maximum Gasteiger partial charge on any atom is 0.0164 e. The van der Waals surface area contributed by atoms with E-state index in [2.05, 4.69) is 17.3 Å². The predicted octanol–water partition coefficient (Wildman–Crippen LogP) is 1.71. The Morgan fingerprint density at radius 1 is 0.938 bits per heavy atom. The standard InChI is InChI=1S/C14H24N2/c1-15-11-4-6-16(7-5-11)14-12-9-2-3-10(8-9)13(12)14/h9-15H,2-8H2,1H3. The molecule has 90 valence electrons. The summed E-state index contributed by atoms with van der Waals surface area (Å²) < 4.78 is 0. The number of fused-ring (bicyclic) bond motifs is 5. The summed E-state index contributed by atoms with van der Waals surface area (Å²) in [5, 5.41) is 3.44. The monoisotopic (exact) mass is 220 g/mol. The highest BCUT2D eigenvalue weighted by Gasteiger charge is 2.66. The molecule has 4 unspecified atom stereocenters. The Balaban J connectivity index is 1.39. The van der Waals surface area contributed by atoms with Crippen LogP contribution in [0.25, 0.3) is 0 Å². The van der Waals surface area contributed by atoms with Crippen LogP contribution in [0.4, 0.5) is 0 Å². The lowest BCUT2D eigenvalue weighted by atomic mass is 10.0. The first-order valence-corrected chi connectivity index (χ1v) is 7.30. The smallest absolute Gasteiger partial charge is 0.0164 e. The number of nitrogens with one attached hydrogen (secondary N) is 1. The van der Waals surface area contributed by atoms with Gasteiger partial charge in [0, 0.05) is 12.1 Å². The van der Waals surface area contributed by atoms with Crippen LogP contribution in [0.15, 0.2) is 0 Å². The first kappa shape index (κ1) is 9.90. The molecular weight excluding hydrogens is 196 g/mol. The van der Waals surface area contributed by atoms with Crippen LogP contribution in [-0.2, 0) is 0 Å². The fourth-order valence-electron chi connectivity index (χ4n) is 5.25. The average molecular weight is 220 g/mol. The van der Waals surface area contributed by atoms with Crippen LogP contribution < -0.4 is 5.32 Å². The van der Waals surface area contributed by atoms with E-state index in [0.29, 0.717) is 0 Å². The summed E-state index contributed by atoms with van der Waals surface area (Å²) in [7, 11) is 2.12. The van der Waals surface area contributed by atoms with E-state index < -0.39 is 0 Å². The molecular formula is C14H24N2. The fourth-order valence-corrected chi connectivity index (χ4v) is 5.25. The zero-order chi connectivity index (χ0) is 10.7. The van der Waals surface area contributed by atoms with Crippen LogP contribution in [-0.4, -0.2) is 37.1 Å². The summed E-state index contributed by atoms with van der Waals surface area (Å²) in [4.78, 5) is 2.84. The molecule has 16 heavy (non-hydrogen) atoms.